The van der Waals surface area contributed by atoms with Gasteiger partial charge in [0.15, 0.2) is 11.5 Å². The first-order chi connectivity index (χ1) is 11.3. The third kappa shape index (κ3) is 4.35. The van der Waals surface area contributed by atoms with E-state index in [4.69, 9.17) is 14.6 Å². The molecule has 2 aliphatic rings. The van der Waals surface area contributed by atoms with Crippen molar-refractivity contribution in [2.24, 2.45) is 0 Å². The molecule has 1 unspecified atom stereocenters. The summed E-state index contributed by atoms with van der Waals surface area (Å²) in [6, 6.07) is 5.68. The molecule has 2 heterocycles. The van der Waals surface area contributed by atoms with Crippen LogP contribution in [0, 0.1) is 0 Å². The molecule has 2 N–H and O–H groups in total. The van der Waals surface area contributed by atoms with Gasteiger partial charge in [-0.15, -0.1) is 0 Å². The van der Waals surface area contributed by atoms with E-state index in [0.29, 0.717) is 19.6 Å². The fourth-order valence-corrected chi connectivity index (χ4v) is 3.12. The van der Waals surface area contributed by atoms with Crippen LogP contribution in [0.25, 0.3) is 0 Å². The monoisotopic (exact) mass is 322 g/mol. The number of aliphatic hydroxyl groups is 2. The fourth-order valence-electron chi connectivity index (χ4n) is 3.12. The van der Waals surface area contributed by atoms with Crippen LogP contribution in [0.3, 0.4) is 0 Å². The molecule has 1 saturated heterocycles. The fraction of sp³-hybridized carbons (Fsp3) is 0.647. The molecule has 6 heteroatoms. The Morgan fingerprint density at radius 3 is 2.30 bits per heavy atom. The largest absolute Gasteiger partial charge is 0.486 e. The minimum Gasteiger partial charge on any atom is -0.486 e. The Hall–Kier alpha value is -1.34. The van der Waals surface area contributed by atoms with Crippen molar-refractivity contribution in [1.82, 2.24) is 9.80 Å². The SMILES string of the molecule is OCCN1CCN(CCC(O)c2ccc3c(c2)OCCO3)CC1. The molecule has 1 aromatic rings. The van der Waals surface area contributed by atoms with Gasteiger partial charge in [0.25, 0.3) is 0 Å². The summed E-state index contributed by atoms with van der Waals surface area (Å²) >= 11 is 0. The first-order valence-electron chi connectivity index (χ1n) is 8.39. The van der Waals surface area contributed by atoms with Crippen LogP contribution in [0.2, 0.25) is 0 Å². The second kappa shape index (κ2) is 7.97. The van der Waals surface area contributed by atoms with Gasteiger partial charge in [0.1, 0.15) is 13.2 Å². The lowest BCUT2D eigenvalue weighted by molar-refractivity contribution is 0.0921. The second-order valence-corrected chi connectivity index (χ2v) is 6.11. The molecule has 3 rings (SSSR count). The molecule has 0 bridgehead atoms. The summed E-state index contributed by atoms with van der Waals surface area (Å²) in [6.45, 7) is 6.96. The molecular weight excluding hydrogens is 296 g/mol. The van der Waals surface area contributed by atoms with Crippen molar-refractivity contribution in [3.63, 3.8) is 0 Å². The standard InChI is InChI=1S/C17H26N2O4/c20-10-9-19-7-5-18(6-8-19)4-3-15(21)14-1-2-16-17(13-14)23-12-11-22-16/h1-2,13,15,20-21H,3-12H2. The lowest BCUT2D eigenvalue weighted by Gasteiger charge is -2.34. The summed E-state index contributed by atoms with van der Waals surface area (Å²) in [5, 5.41) is 19.4. The zero-order valence-electron chi connectivity index (χ0n) is 13.5. The van der Waals surface area contributed by atoms with Crippen LogP contribution in [0.15, 0.2) is 18.2 Å². The Kier molecular flexibility index (Phi) is 5.72. The predicted octanol–water partition coefficient (Wildman–Crippen LogP) is 0.491. The Morgan fingerprint density at radius 2 is 1.61 bits per heavy atom. The van der Waals surface area contributed by atoms with Crippen LogP contribution in [0.1, 0.15) is 18.1 Å². The topological polar surface area (TPSA) is 65.4 Å². The molecule has 2 aliphatic heterocycles. The summed E-state index contributed by atoms with van der Waals surface area (Å²) in [5.41, 5.74) is 0.883. The number of piperazine rings is 1. The molecule has 1 atom stereocenters. The molecule has 0 spiro atoms. The maximum Gasteiger partial charge on any atom is 0.161 e. The highest BCUT2D eigenvalue weighted by atomic mass is 16.6. The van der Waals surface area contributed by atoms with E-state index in [2.05, 4.69) is 9.80 Å². The van der Waals surface area contributed by atoms with Crippen molar-refractivity contribution in [3.05, 3.63) is 23.8 Å². The highest BCUT2D eigenvalue weighted by molar-refractivity contribution is 5.44. The van der Waals surface area contributed by atoms with Crippen LogP contribution in [-0.4, -0.2) is 79.1 Å². The van der Waals surface area contributed by atoms with E-state index in [-0.39, 0.29) is 6.61 Å². The Morgan fingerprint density at radius 1 is 0.957 bits per heavy atom. The zero-order chi connectivity index (χ0) is 16.1. The van der Waals surface area contributed by atoms with E-state index >= 15 is 0 Å². The molecule has 0 aliphatic carbocycles. The quantitative estimate of drug-likeness (QED) is 0.795. The number of rotatable bonds is 6. The summed E-state index contributed by atoms with van der Waals surface area (Å²) in [4.78, 5) is 4.64. The lowest BCUT2D eigenvalue weighted by atomic mass is 10.1. The molecule has 0 radical (unpaired) electrons. The number of hydrogen-bond donors (Lipinski definition) is 2. The van der Waals surface area contributed by atoms with Crippen molar-refractivity contribution in [2.75, 3.05) is 59.1 Å². The van der Waals surface area contributed by atoms with E-state index in [1.807, 2.05) is 18.2 Å². The number of nitrogens with zero attached hydrogens (tertiary/aromatic N) is 2. The average Bonchev–Trinajstić information content (AvgIpc) is 2.60. The highest BCUT2D eigenvalue weighted by Crippen LogP contribution is 2.33. The van der Waals surface area contributed by atoms with Crippen molar-refractivity contribution >= 4 is 0 Å². The number of benzene rings is 1. The van der Waals surface area contributed by atoms with Crippen LogP contribution >= 0.6 is 0 Å². The van der Waals surface area contributed by atoms with E-state index in [1.165, 1.54) is 0 Å². The lowest BCUT2D eigenvalue weighted by Crippen LogP contribution is -2.47. The second-order valence-electron chi connectivity index (χ2n) is 6.11. The summed E-state index contributed by atoms with van der Waals surface area (Å²) in [7, 11) is 0. The number of fused-ring (bicyclic) bond motifs is 1. The molecule has 0 saturated carbocycles. The number of aliphatic hydroxyl groups excluding tert-OH is 2. The minimum absolute atomic E-state index is 0.225. The Labute approximate surface area is 137 Å². The normalized spacial score (nSPS) is 20.4. The van der Waals surface area contributed by atoms with Crippen LogP contribution in [-0.2, 0) is 0 Å². The summed E-state index contributed by atoms with van der Waals surface area (Å²) in [5.74, 6) is 1.48. The predicted molar refractivity (Wildman–Crippen MR) is 87.0 cm³/mol. The van der Waals surface area contributed by atoms with Gasteiger partial charge < -0.3 is 24.6 Å². The summed E-state index contributed by atoms with van der Waals surface area (Å²) in [6.07, 6.45) is 0.223. The van der Waals surface area contributed by atoms with Gasteiger partial charge in [-0.3, -0.25) is 4.90 Å². The van der Waals surface area contributed by atoms with Crippen LogP contribution in [0.5, 0.6) is 11.5 Å². The van der Waals surface area contributed by atoms with E-state index < -0.39 is 6.10 Å². The highest BCUT2D eigenvalue weighted by Gasteiger charge is 2.19. The molecule has 6 nitrogen and oxygen atoms in total. The molecule has 0 amide bonds. The third-order valence-electron chi connectivity index (χ3n) is 4.55. The molecular formula is C17H26N2O4. The van der Waals surface area contributed by atoms with Gasteiger partial charge in [0.2, 0.25) is 0 Å². The van der Waals surface area contributed by atoms with Gasteiger partial charge in [-0.1, -0.05) is 6.07 Å². The summed E-state index contributed by atoms with van der Waals surface area (Å²) < 4.78 is 11.1. The van der Waals surface area contributed by atoms with Gasteiger partial charge in [-0.05, 0) is 24.1 Å². The number of hydrogen-bond acceptors (Lipinski definition) is 6. The van der Waals surface area contributed by atoms with E-state index in [0.717, 1.165) is 56.3 Å². The maximum absolute atomic E-state index is 10.4. The van der Waals surface area contributed by atoms with Crippen molar-refractivity contribution < 1.29 is 19.7 Å². The molecule has 0 aromatic heterocycles. The van der Waals surface area contributed by atoms with E-state index in [9.17, 15) is 5.11 Å². The average molecular weight is 322 g/mol. The smallest absolute Gasteiger partial charge is 0.161 e. The van der Waals surface area contributed by atoms with Crippen LogP contribution < -0.4 is 9.47 Å². The van der Waals surface area contributed by atoms with Gasteiger partial charge in [0, 0.05) is 39.3 Å². The van der Waals surface area contributed by atoms with Crippen molar-refractivity contribution in [2.45, 2.75) is 12.5 Å². The molecule has 128 valence electrons. The molecule has 23 heavy (non-hydrogen) atoms. The Balaban J connectivity index is 1.47. The molecule has 1 fully saturated rings. The van der Waals surface area contributed by atoms with Crippen LogP contribution in [0.4, 0.5) is 0 Å². The number of β-amino-alcohol motifs (C(OH)–C–C–N with tert-alkyl or cyclic N) is 1. The molecule has 1 aromatic carbocycles. The maximum atomic E-state index is 10.4. The first-order valence-corrected chi connectivity index (χ1v) is 8.39. The van der Waals surface area contributed by atoms with Crippen molar-refractivity contribution in [1.29, 1.82) is 0 Å². The third-order valence-corrected chi connectivity index (χ3v) is 4.55. The van der Waals surface area contributed by atoms with Gasteiger partial charge in [-0.25, -0.2) is 0 Å². The van der Waals surface area contributed by atoms with Crippen molar-refractivity contribution in [3.8, 4) is 11.5 Å². The minimum atomic E-state index is -0.485. The van der Waals surface area contributed by atoms with E-state index in [1.54, 1.807) is 0 Å². The zero-order valence-corrected chi connectivity index (χ0v) is 13.5. The number of ether oxygens (including phenoxy) is 2. The van der Waals surface area contributed by atoms with Gasteiger partial charge in [0.05, 0.1) is 12.7 Å². The van der Waals surface area contributed by atoms with Gasteiger partial charge in [-0.2, -0.15) is 0 Å². The Bertz CT molecular complexity index is 503. The van der Waals surface area contributed by atoms with Gasteiger partial charge >= 0.3 is 0 Å². The first kappa shape index (κ1) is 16.5.